The van der Waals surface area contributed by atoms with E-state index in [1.807, 2.05) is 27.2 Å². The Hall–Kier alpha value is -2.32. The Balaban J connectivity index is 4.33. The van der Waals surface area contributed by atoms with Crippen LogP contribution in [-0.2, 0) is 18.4 Å². The number of allylic oxidation sites excluding steroid dienone is 13. The number of nitrogens with zero attached hydrogens (tertiary/aromatic N) is 1. The molecular formula is C54H97N2O6P. The summed E-state index contributed by atoms with van der Waals surface area (Å²) in [4.78, 5) is 25.4. The van der Waals surface area contributed by atoms with Crippen molar-refractivity contribution >= 4 is 13.7 Å². The molecule has 1 amide bonds. The first-order valence-corrected chi connectivity index (χ1v) is 26.9. The van der Waals surface area contributed by atoms with Crippen LogP contribution in [0.4, 0.5) is 0 Å². The topological polar surface area (TPSA) is 108 Å². The normalized spacial score (nSPS) is 14.8. The van der Waals surface area contributed by atoms with E-state index in [0.717, 1.165) is 70.6 Å². The molecular weight excluding hydrogens is 804 g/mol. The highest BCUT2D eigenvalue weighted by Crippen LogP contribution is 2.38. The summed E-state index contributed by atoms with van der Waals surface area (Å²) >= 11 is 0. The smallest absolute Gasteiger partial charge is 0.268 e. The van der Waals surface area contributed by atoms with Gasteiger partial charge in [0.15, 0.2) is 0 Å². The van der Waals surface area contributed by atoms with E-state index in [4.69, 9.17) is 9.05 Å². The van der Waals surface area contributed by atoms with E-state index in [-0.39, 0.29) is 12.5 Å². The predicted molar refractivity (Wildman–Crippen MR) is 270 cm³/mol. The lowest BCUT2D eigenvalue weighted by Crippen LogP contribution is -2.45. The van der Waals surface area contributed by atoms with Gasteiger partial charge in [0.2, 0.25) is 5.91 Å². The molecule has 0 aromatic carbocycles. The maximum Gasteiger partial charge on any atom is 0.268 e. The number of hydrogen-bond acceptors (Lipinski definition) is 6. The van der Waals surface area contributed by atoms with Gasteiger partial charge in [-0.15, -0.1) is 0 Å². The number of unbranched alkanes of at least 4 members (excludes halogenated alkanes) is 20. The Labute approximate surface area is 388 Å². The third kappa shape index (κ3) is 47.5. The monoisotopic (exact) mass is 901 g/mol. The molecule has 9 heteroatoms. The zero-order valence-corrected chi connectivity index (χ0v) is 42.1. The average Bonchev–Trinajstić information content (AvgIpc) is 3.24. The van der Waals surface area contributed by atoms with Gasteiger partial charge in [-0.3, -0.25) is 9.36 Å². The molecule has 3 unspecified atom stereocenters. The van der Waals surface area contributed by atoms with Gasteiger partial charge in [0.1, 0.15) is 13.2 Å². The molecule has 0 saturated heterocycles. The third-order valence-electron chi connectivity index (χ3n) is 10.8. The second-order valence-electron chi connectivity index (χ2n) is 18.1. The molecule has 0 aliphatic carbocycles. The average molecular weight is 901 g/mol. The van der Waals surface area contributed by atoms with Gasteiger partial charge in [-0.2, -0.15) is 0 Å². The number of carbonyl (C=O) groups excluding carboxylic acids is 1. The standard InChI is InChI=1S/C54H97N2O6P/c1-6-8-10-12-14-16-18-20-22-24-25-26-27-28-29-30-31-32-34-36-38-40-42-44-46-48-54(58)55-52(51-62-63(59,60)61-50-49-56(3,4)5)53(57)47-45-43-41-39-37-35-33-23-21-19-17-15-13-11-9-7-2/h8,10,14,16,20-23,25-26,37,39,45,47,52-53,57H,6-7,9,11-13,15,17-19,24,27-36,38,40-44,46,48-51H2,1-5H3,(H-,55,58,59,60)/b10-8-,16-14-,22-20-,23-21+,26-25-,39-37+,47-45+. The van der Waals surface area contributed by atoms with Crippen LogP contribution in [0.25, 0.3) is 0 Å². The summed E-state index contributed by atoms with van der Waals surface area (Å²) in [5.41, 5.74) is 0. The van der Waals surface area contributed by atoms with E-state index < -0.39 is 26.6 Å². The van der Waals surface area contributed by atoms with E-state index >= 15 is 0 Å². The van der Waals surface area contributed by atoms with Crippen molar-refractivity contribution in [1.29, 1.82) is 0 Å². The largest absolute Gasteiger partial charge is 0.756 e. The minimum Gasteiger partial charge on any atom is -0.756 e. The van der Waals surface area contributed by atoms with E-state index in [9.17, 15) is 19.4 Å². The molecule has 0 bridgehead atoms. The maximum absolute atomic E-state index is 12.9. The van der Waals surface area contributed by atoms with Crippen molar-refractivity contribution < 1.29 is 32.9 Å². The first-order valence-electron chi connectivity index (χ1n) is 25.4. The third-order valence-corrected chi connectivity index (χ3v) is 11.8. The molecule has 0 spiro atoms. The molecule has 2 N–H and O–H groups in total. The minimum atomic E-state index is -4.61. The Morgan fingerprint density at radius 3 is 1.48 bits per heavy atom. The lowest BCUT2D eigenvalue weighted by atomic mass is 10.0. The van der Waals surface area contributed by atoms with Crippen LogP contribution >= 0.6 is 7.82 Å². The summed E-state index contributed by atoms with van der Waals surface area (Å²) in [5, 5.41) is 13.8. The van der Waals surface area contributed by atoms with Gasteiger partial charge in [-0.1, -0.05) is 195 Å². The second kappa shape index (κ2) is 44.9. The summed E-state index contributed by atoms with van der Waals surface area (Å²) in [6.45, 7) is 4.48. The summed E-state index contributed by atoms with van der Waals surface area (Å²) in [6.07, 6.45) is 62.1. The Morgan fingerprint density at radius 2 is 0.984 bits per heavy atom. The number of phosphoric ester groups is 1. The van der Waals surface area contributed by atoms with Gasteiger partial charge in [-0.25, -0.2) is 0 Å². The number of carbonyl (C=O) groups is 1. The van der Waals surface area contributed by atoms with Gasteiger partial charge in [0.05, 0.1) is 39.9 Å². The van der Waals surface area contributed by atoms with Gasteiger partial charge < -0.3 is 28.8 Å². The molecule has 0 saturated carbocycles. The summed E-state index contributed by atoms with van der Waals surface area (Å²) in [6, 6.07) is -0.915. The minimum absolute atomic E-state index is 0.0129. The summed E-state index contributed by atoms with van der Waals surface area (Å²) in [7, 11) is 1.22. The van der Waals surface area contributed by atoms with Gasteiger partial charge in [-0.05, 0) is 83.5 Å². The molecule has 0 aliphatic rings. The highest BCUT2D eigenvalue weighted by atomic mass is 31.2. The van der Waals surface area contributed by atoms with Crippen LogP contribution in [0.1, 0.15) is 200 Å². The van der Waals surface area contributed by atoms with Crippen LogP contribution in [0.2, 0.25) is 0 Å². The number of aliphatic hydroxyl groups is 1. The van der Waals surface area contributed by atoms with Crippen molar-refractivity contribution in [3.05, 3.63) is 85.1 Å². The van der Waals surface area contributed by atoms with Gasteiger partial charge >= 0.3 is 0 Å². The first kappa shape index (κ1) is 60.7. The van der Waals surface area contributed by atoms with E-state index in [1.54, 1.807) is 6.08 Å². The SMILES string of the molecule is CC/C=C\C/C=C\C/C=C\C/C=C\CCCCCCCCCCCCCCC(=O)NC(COP(=O)([O-])OCC[N+](C)(C)C)C(O)/C=C/CC/C=C/CC/C=C/CCCCCCCC. The molecule has 8 nitrogen and oxygen atoms in total. The molecule has 0 fully saturated rings. The van der Waals surface area contributed by atoms with E-state index in [0.29, 0.717) is 17.4 Å². The van der Waals surface area contributed by atoms with E-state index in [1.165, 1.54) is 109 Å². The Morgan fingerprint density at radius 1 is 0.571 bits per heavy atom. The van der Waals surface area contributed by atoms with Crippen LogP contribution in [0.5, 0.6) is 0 Å². The zero-order chi connectivity index (χ0) is 46.4. The summed E-state index contributed by atoms with van der Waals surface area (Å²) < 4.78 is 23.2. The highest BCUT2D eigenvalue weighted by molar-refractivity contribution is 7.45. The molecule has 63 heavy (non-hydrogen) atoms. The van der Waals surface area contributed by atoms with Gasteiger partial charge in [0, 0.05) is 6.42 Å². The predicted octanol–water partition coefficient (Wildman–Crippen LogP) is 14.3. The quantitative estimate of drug-likeness (QED) is 0.0273. The fourth-order valence-corrected chi connectivity index (χ4v) is 7.54. The molecule has 0 aromatic rings. The number of amides is 1. The maximum atomic E-state index is 12.9. The number of hydrogen-bond donors (Lipinski definition) is 2. The fraction of sp³-hybridized carbons (Fsp3) is 0.722. The van der Waals surface area contributed by atoms with Crippen LogP contribution in [0, 0.1) is 0 Å². The molecule has 0 aromatic heterocycles. The van der Waals surface area contributed by atoms with Crippen molar-refractivity contribution in [2.75, 3.05) is 40.9 Å². The second-order valence-corrected chi connectivity index (χ2v) is 19.5. The number of nitrogens with one attached hydrogen (secondary N) is 1. The first-order chi connectivity index (χ1) is 30.5. The zero-order valence-electron chi connectivity index (χ0n) is 41.2. The Kier molecular flexibility index (Phi) is 43.2. The molecule has 0 heterocycles. The van der Waals surface area contributed by atoms with E-state index in [2.05, 4.69) is 92.1 Å². The van der Waals surface area contributed by atoms with Crippen LogP contribution < -0.4 is 10.2 Å². The molecule has 0 rings (SSSR count). The molecule has 0 radical (unpaired) electrons. The van der Waals surface area contributed by atoms with Crippen molar-refractivity contribution in [3.8, 4) is 0 Å². The number of rotatable bonds is 45. The fourth-order valence-electron chi connectivity index (χ4n) is 6.82. The van der Waals surface area contributed by atoms with Crippen molar-refractivity contribution in [3.63, 3.8) is 0 Å². The van der Waals surface area contributed by atoms with Crippen molar-refractivity contribution in [2.45, 2.75) is 212 Å². The van der Waals surface area contributed by atoms with Crippen LogP contribution in [-0.4, -0.2) is 68.5 Å². The molecule has 3 atom stereocenters. The number of quaternary nitrogens is 1. The number of likely N-dealkylation sites (N-methyl/N-ethyl adjacent to an activating group) is 1. The van der Waals surface area contributed by atoms with Crippen molar-refractivity contribution in [2.24, 2.45) is 0 Å². The van der Waals surface area contributed by atoms with Crippen molar-refractivity contribution in [1.82, 2.24) is 5.32 Å². The molecule has 364 valence electrons. The van der Waals surface area contributed by atoms with Crippen LogP contribution in [0.3, 0.4) is 0 Å². The Bertz CT molecular complexity index is 1300. The number of aliphatic hydroxyl groups excluding tert-OH is 1. The highest BCUT2D eigenvalue weighted by Gasteiger charge is 2.23. The lowest BCUT2D eigenvalue weighted by molar-refractivity contribution is -0.870. The molecule has 0 aliphatic heterocycles. The lowest BCUT2D eigenvalue weighted by Gasteiger charge is -2.29. The van der Waals surface area contributed by atoms with Crippen LogP contribution in [0.15, 0.2) is 85.1 Å². The van der Waals surface area contributed by atoms with Gasteiger partial charge in [0.25, 0.3) is 7.82 Å². The number of phosphoric acid groups is 1. The summed E-state index contributed by atoms with van der Waals surface area (Å²) in [5.74, 6) is -0.217.